The third-order valence-corrected chi connectivity index (χ3v) is 5.31. The maximum atomic E-state index is 12.7. The molecule has 0 bridgehead atoms. The van der Waals surface area contributed by atoms with Crippen LogP contribution in [0.5, 0.6) is 0 Å². The van der Waals surface area contributed by atoms with Crippen LogP contribution in [0.4, 0.5) is 18.0 Å². The number of urea groups is 1. The molecule has 1 aliphatic rings. The van der Waals surface area contributed by atoms with Crippen molar-refractivity contribution in [3.8, 4) is 11.8 Å². The Labute approximate surface area is 193 Å². The topological polar surface area (TPSA) is 52.7 Å². The summed E-state index contributed by atoms with van der Waals surface area (Å²) < 4.78 is 38.2. The molecule has 3 rings (SSSR count). The lowest BCUT2D eigenvalue weighted by Crippen LogP contribution is -2.53. The van der Waals surface area contributed by atoms with Crippen molar-refractivity contribution in [1.82, 2.24) is 15.1 Å². The summed E-state index contributed by atoms with van der Waals surface area (Å²) in [6.07, 6.45) is -4.44. The van der Waals surface area contributed by atoms with Crippen molar-refractivity contribution in [1.29, 1.82) is 0 Å². The Balaban J connectivity index is 1.48. The number of nitrogens with zero attached hydrogens (tertiary/aromatic N) is 2. The minimum Gasteiger partial charge on any atom is -0.335 e. The lowest BCUT2D eigenvalue weighted by Gasteiger charge is -2.34. The molecule has 0 unspecified atom stereocenters. The molecule has 3 amide bonds. The standard InChI is InChI=1S/C22H18Cl2F3N3O2/c23-17-6-7-18(19(24)14-17)20(31)29-9-11-30(12-10-29)21(32)28-8-2-4-15-3-1-5-16(13-15)22(25,26)27/h1,3,5-7,13-14H,8-12H2,(H,28,32). The van der Waals surface area contributed by atoms with Gasteiger partial charge in [0.2, 0.25) is 0 Å². The van der Waals surface area contributed by atoms with Crippen LogP contribution in [0.2, 0.25) is 10.0 Å². The van der Waals surface area contributed by atoms with E-state index in [0.29, 0.717) is 36.8 Å². The molecule has 1 heterocycles. The van der Waals surface area contributed by atoms with Crippen molar-refractivity contribution in [3.63, 3.8) is 0 Å². The van der Waals surface area contributed by atoms with Crippen molar-refractivity contribution >= 4 is 35.1 Å². The average Bonchev–Trinajstić information content (AvgIpc) is 2.76. The van der Waals surface area contributed by atoms with E-state index in [1.165, 1.54) is 18.2 Å². The third-order valence-electron chi connectivity index (χ3n) is 4.77. The summed E-state index contributed by atoms with van der Waals surface area (Å²) in [6.45, 7) is 1.30. The predicted octanol–water partition coefficient (Wildman–Crippen LogP) is 4.53. The first kappa shape index (κ1) is 23.8. The van der Waals surface area contributed by atoms with E-state index >= 15 is 0 Å². The summed E-state index contributed by atoms with van der Waals surface area (Å²) in [5.41, 5.74) is -0.221. The SMILES string of the molecule is O=C(NCC#Cc1cccc(C(F)(F)F)c1)N1CCN(C(=O)c2ccc(Cl)cc2Cl)CC1. The molecular formula is C22H18Cl2F3N3O2. The quantitative estimate of drug-likeness (QED) is 0.637. The molecule has 5 nitrogen and oxygen atoms in total. The molecule has 0 radical (unpaired) electrons. The molecule has 1 N–H and O–H groups in total. The highest BCUT2D eigenvalue weighted by Gasteiger charge is 2.30. The fraction of sp³-hybridized carbons (Fsp3) is 0.273. The van der Waals surface area contributed by atoms with Gasteiger partial charge in [0, 0.05) is 36.8 Å². The van der Waals surface area contributed by atoms with Gasteiger partial charge < -0.3 is 15.1 Å². The molecule has 2 aromatic rings. The number of piperazine rings is 1. The number of rotatable bonds is 2. The zero-order valence-electron chi connectivity index (χ0n) is 16.7. The van der Waals surface area contributed by atoms with Gasteiger partial charge in [-0.05, 0) is 36.4 Å². The Morgan fingerprint density at radius 2 is 1.69 bits per heavy atom. The van der Waals surface area contributed by atoms with Crippen LogP contribution in [0.1, 0.15) is 21.5 Å². The Hall–Kier alpha value is -2.89. The number of amides is 3. The number of alkyl halides is 3. The van der Waals surface area contributed by atoms with E-state index in [1.807, 2.05) is 0 Å². The molecule has 2 aromatic carbocycles. The molecule has 0 aliphatic carbocycles. The maximum Gasteiger partial charge on any atom is 0.416 e. The van der Waals surface area contributed by atoms with Crippen molar-refractivity contribution in [2.45, 2.75) is 6.18 Å². The molecule has 0 aromatic heterocycles. The molecule has 32 heavy (non-hydrogen) atoms. The Bertz CT molecular complexity index is 1070. The highest BCUT2D eigenvalue weighted by atomic mass is 35.5. The van der Waals surface area contributed by atoms with Crippen LogP contribution in [0.15, 0.2) is 42.5 Å². The average molecular weight is 484 g/mol. The van der Waals surface area contributed by atoms with Gasteiger partial charge in [0.1, 0.15) is 0 Å². The Kier molecular flexibility index (Phi) is 7.54. The van der Waals surface area contributed by atoms with E-state index in [9.17, 15) is 22.8 Å². The monoisotopic (exact) mass is 483 g/mol. The highest BCUT2D eigenvalue weighted by molar-refractivity contribution is 6.36. The van der Waals surface area contributed by atoms with E-state index in [0.717, 1.165) is 12.1 Å². The van der Waals surface area contributed by atoms with Gasteiger partial charge in [0.25, 0.3) is 5.91 Å². The molecule has 1 saturated heterocycles. The van der Waals surface area contributed by atoms with Crippen LogP contribution in [0.3, 0.4) is 0 Å². The van der Waals surface area contributed by atoms with Crippen LogP contribution in [-0.4, -0.2) is 54.5 Å². The summed E-state index contributed by atoms with van der Waals surface area (Å²) >= 11 is 12.0. The van der Waals surface area contributed by atoms with Gasteiger partial charge in [0.15, 0.2) is 0 Å². The lowest BCUT2D eigenvalue weighted by molar-refractivity contribution is -0.137. The van der Waals surface area contributed by atoms with Gasteiger partial charge >= 0.3 is 12.2 Å². The molecule has 1 aliphatic heterocycles. The van der Waals surface area contributed by atoms with Crippen molar-refractivity contribution in [2.75, 3.05) is 32.7 Å². The second kappa shape index (κ2) is 10.2. The second-order valence-electron chi connectivity index (χ2n) is 6.94. The van der Waals surface area contributed by atoms with Gasteiger partial charge in [-0.2, -0.15) is 13.2 Å². The molecular weight excluding hydrogens is 466 g/mol. The number of nitrogens with one attached hydrogen (secondary N) is 1. The Morgan fingerprint density at radius 1 is 1.00 bits per heavy atom. The number of benzene rings is 2. The van der Waals surface area contributed by atoms with Crippen molar-refractivity contribution < 1.29 is 22.8 Å². The van der Waals surface area contributed by atoms with Gasteiger partial charge in [-0.3, -0.25) is 4.79 Å². The maximum absolute atomic E-state index is 12.7. The number of carbonyl (C=O) groups is 2. The van der Waals surface area contributed by atoms with Crippen LogP contribution >= 0.6 is 23.2 Å². The van der Waals surface area contributed by atoms with Gasteiger partial charge in [-0.25, -0.2) is 4.79 Å². The molecule has 0 saturated carbocycles. The van der Waals surface area contributed by atoms with Crippen LogP contribution in [-0.2, 0) is 6.18 Å². The number of hydrogen-bond acceptors (Lipinski definition) is 2. The van der Waals surface area contributed by atoms with Gasteiger partial charge in [-0.1, -0.05) is 41.1 Å². The fourth-order valence-corrected chi connectivity index (χ4v) is 3.59. The van der Waals surface area contributed by atoms with Crippen LogP contribution in [0.25, 0.3) is 0 Å². The van der Waals surface area contributed by atoms with E-state index in [2.05, 4.69) is 17.2 Å². The summed E-state index contributed by atoms with van der Waals surface area (Å²) in [4.78, 5) is 28.1. The minimum absolute atomic E-state index is 0.0192. The van der Waals surface area contributed by atoms with Crippen molar-refractivity contribution in [2.24, 2.45) is 0 Å². The number of hydrogen-bond donors (Lipinski definition) is 1. The minimum atomic E-state index is -4.44. The predicted molar refractivity (Wildman–Crippen MR) is 116 cm³/mol. The summed E-state index contributed by atoms with van der Waals surface area (Å²) in [5.74, 6) is 5.01. The van der Waals surface area contributed by atoms with E-state index in [4.69, 9.17) is 23.2 Å². The van der Waals surface area contributed by atoms with Gasteiger partial charge in [-0.15, -0.1) is 0 Å². The van der Waals surface area contributed by atoms with E-state index in [-0.39, 0.29) is 29.1 Å². The Morgan fingerprint density at radius 3 is 2.34 bits per heavy atom. The third kappa shape index (κ3) is 6.09. The zero-order valence-corrected chi connectivity index (χ0v) is 18.2. The molecule has 0 spiro atoms. The molecule has 1 fully saturated rings. The van der Waals surface area contributed by atoms with Crippen molar-refractivity contribution in [3.05, 3.63) is 69.2 Å². The van der Waals surface area contributed by atoms with E-state index < -0.39 is 11.7 Å². The summed E-state index contributed by atoms with van der Waals surface area (Å²) in [6, 6.07) is 8.97. The smallest absolute Gasteiger partial charge is 0.335 e. The second-order valence-corrected chi connectivity index (χ2v) is 7.79. The summed E-state index contributed by atoms with van der Waals surface area (Å²) in [7, 11) is 0. The molecule has 0 atom stereocenters. The lowest BCUT2D eigenvalue weighted by atomic mass is 10.1. The van der Waals surface area contributed by atoms with Crippen LogP contribution in [0, 0.1) is 11.8 Å². The number of carbonyl (C=O) groups excluding carboxylic acids is 2. The van der Waals surface area contributed by atoms with E-state index in [1.54, 1.807) is 21.9 Å². The fourth-order valence-electron chi connectivity index (χ4n) is 3.10. The first-order valence-electron chi connectivity index (χ1n) is 9.58. The first-order valence-corrected chi connectivity index (χ1v) is 10.3. The zero-order chi connectivity index (χ0) is 23.3. The summed E-state index contributed by atoms with van der Waals surface area (Å²) in [5, 5.41) is 3.31. The van der Waals surface area contributed by atoms with Crippen LogP contribution < -0.4 is 5.32 Å². The molecule has 168 valence electrons. The normalized spacial score (nSPS) is 13.9. The number of halogens is 5. The first-order chi connectivity index (χ1) is 15.1. The van der Waals surface area contributed by atoms with Gasteiger partial charge in [0.05, 0.1) is 22.7 Å². The largest absolute Gasteiger partial charge is 0.416 e. The molecule has 10 heteroatoms. The highest BCUT2D eigenvalue weighted by Crippen LogP contribution is 2.29.